The van der Waals surface area contributed by atoms with Crippen LogP contribution in [0, 0.1) is 0 Å². The highest BCUT2D eigenvalue weighted by atomic mass is 32.1. The predicted molar refractivity (Wildman–Crippen MR) is 70.7 cm³/mol. The van der Waals surface area contributed by atoms with Gasteiger partial charge in [-0.25, -0.2) is 0 Å². The molecule has 0 aliphatic heterocycles. The van der Waals surface area contributed by atoms with Crippen molar-refractivity contribution in [2.24, 2.45) is 0 Å². The Hall–Kier alpha value is -2.14. The van der Waals surface area contributed by atoms with E-state index in [-0.39, 0.29) is 6.42 Å². The van der Waals surface area contributed by atoms with Crippen molar-refractivity contribution in [3.63, 3.8) is 0 Å². The molecule has 3 aromatic rings. The van der Waals surface area contributed by atoms with E-state index in [4.69, 9.17) is 5.11 Å². The van der Waals surface area contributed by atoms with Crippen molar-refractivity contribution in [3.05, 3.63) is 41.4 Å². The fourth-order valence-corrected chi connectivity index (χ4v) is 2.88. The summed E-state index contributed by atoms with van der Waals surface area (Å²) in [5.41, 5.74) is 2.46. The average molecular weight is 258 g/mol. The summed E-state index contributed by atoms with van der Waals surface area (Å²) in [7, 11) is 0. The Balaban J connectivity index is 2.04. The SMILES string of the molecule is O=C(O)Cc1cc(-c2csc3ccccc23)n[nH]1. The fourth-order valence-electron chi connectivity index (χ4n) is 1.93. The summed E-state index contributed by atoms with van der Waals surface area (Å²) in [6, 6.07) is 9.90. The van der Waals surface area contributed by atoms with E-state index in [0.717, 1.165) is 16.6 Å². The first-order chi connectivity index (χ1) is 8.74. The lowest BCUT2D eigenvalue weighted by atomic mass is 10.1. The van der Waals surface area contributed by atoms with Gasteiger partial charge < -0.3 is 5.11 Å². The van der Waals surface area contributed by atoms with E-state index in [2.05, 4.69) is 16.3 Å². The summed E-state index contributed by atoms with van der Waals surface area (Å²) in [5.74, 6) is -0.861. The summed E-state index contributed by atoms with van der Waals surface area (Å²) >= 11 is 1.66. The Labute approximate surface area is 107 Å². The van der Waals surface area contributed by atoms with Crippen LogP contribution in [0.5, 0.6) is 0 Å². The smallest absolute Gasteiger partial charge is 0.309 e. The molecule has 0 aliphatic rings. The van der Waals surface area contributed by atoms with Crippen molar-refractivity contribution in [2.75, 3.05) is 0 Å². The number of carboxylic acid groups (broad SMARTS) is 1. The first-order valence-corrected chi connectivity index (χ1v) is 6.34. The van der Waals surface area contributed by atoms with Gasteiger partial charge in [0.1, 0.15) is 0 Å². The van der Waals surface area contributed by atoms with Crippen molar-refractivity contribution in [1.82, 2.24) is 10.2 Å². The molecule has 2 heterocycles. The van der Waals surface area contributed by atoms with Crippen LogP contribution in [0.25, 0.3) is 21.3 Å². The maximum atomic E-state index is 10.6. The van der Waals surface area contributed by atoms with Gasteiger partial charge in [-0.05, 0) is 12.1 Å². The summed E-state index contributed by atoms with van der Waals surface area (Å²) in [6.07, 6.45) is -0.0327. The third-order valence-corrected chi connectivity index (χ3v) is 3.69. The van der Waals surface area contributed by atoms with Crippen LogP contribution in [0.3, 0.4) is 0 Å². The molecule has 0 aliphatic carbocycles. The number of hydrogen-bond acceptors (Lipinski definition) is 3. The summed E-state index contributed by atoms with van der Waals surface area (Å²) in [6.45, 7) is 0. The molecule has 18 heavy (non-hydrogen) atoms. The summed E-state index contributed by atoms with van der Waals surface area (Å²) in [4.78, 5) is 10.6. The van der Waals surface area contributed by atoms with E-state index < -0.39 is 5.97 Å². The maximum absolute atomic E-state index is 10.6. The van der Waals surface area contributed by atoms with E-state index in [1.54, 1.807) is 17.4 Å². The van der Waals surface area contributed by atoms with Crippen molar-refractivity contribution < 1.29 is 9.90 Å². The molecule has 0 fully saturated rings. The van der Waals surface area contributed by atoms with Crippen molar-refractivity contribution >= 4 is 27.4 Å². The maximum Gasteiger partial charge on any atom is 0.309 e. The zero-order valence-corrected chi connectivity index (χ0v) is 10.2. The molecule has 0 saturated heterocycles. The zero-order valence-electron chi connectivity index (χ0n) is 9.38. The first-order valence-electron chi connectivity index (χ1n) is 5.47. The van der Waals surface area contributed by atoms with Gasteiger partial charge in [0.15, 0.2) is 0 Å². The monoisotopic (exact) mass is 258 g/mol. The molecule has 2 N–H and O–H groups in total. The molecule has 4 nitrogen and oxygen atoms in total. The number of aliphatic carboxylic acids is 1. The lowest BCUT2D eigenvalue weighted by Gasteiger charge is -1.92. The van der Waals surface area contributed by atoms with Gasteiger partial charge in [-0.15, -0.1) is 11.3 Å². The van der Waals surface area contributed by atoms with Gasteiger partial charge in [-0.1, -0.05) is 18.2 Å². The average Bonchev–Trinajstić information content (AvgIpc) is 2.94. The molecule has 2 aromatic heterocycles. The van der Waals surface area contributed by atoms with Gasteiger partial charge in [0.25, 0.3) is 0 Å². The molecule has 0 saturated carbocycles. The highest BCUT2D eigenvalue weighted by Crippen LogP contribution is 2.32. The number of carbonyl (C=O) groups is 1. The van der Waals surface area contributed by atoms with E-state index in [1.165, 1.54) is 4.70 Å². The van der Waals surface area contributed by atoms with Crippen LogP contribution >= 0.6 is 11.3 Å². The Bertz CT molecular complexity index is 714. The van der Waals surface area contributed by atoms with Gasteiger partial charge in [0.05, 0.1) is 12.1 Å². The molecule has 0 unspecified atom stereocenters. The fraction of sp³-hybridized carbons (Fsp3) is 0.0769. The van der Waals surface area contributed by atoms with E-state index >= 15 is 0 Å². The van der Waals surface area contributed by atoms with E-state index in [1.807, 2.05) is 23.6 Å². The zero-order chi connectivity index (χ0) is 12.5. The van der Waals surface area contributed by atoms with Gasteiger partial charge in [0, 0.05) is 26.7 Å². The molecule has 0 bridgehead atoms. The van der Waals surface area contributed by atoms with Crippen molar-refractivity contribution in [2.45, 2.75) is 6.42 Å². The van der Waals surface area contributed by atoms with Crippen LogP contribution in [-0.2, 0) is 11.2 Å². The number of carboxylic acids is 1. The number of nitrogens with zero attached hydrogens (tertiary/aromatic N) is 1. The predicted octanol–water partition coefficient (Wildman–Crippen LogP) is 2.92. The number of fused-ring (bicyclic) bond motifs is 1. The first kappa shape index (κ1) is 11.0. The number of aromatic amines is 1. The molecule has 0 radical (unpaired) electrons. The van der Waals surface area contributed by atoms with Gasteiger partial charge in [-0.2, -0.15) is 5.10 Å². The Morgan fingerprint density at radius 3 is 3.06 bits per heavy atom. The van der Waals surface area contributed by atoms with Crippen LogP contribution in [0.1, 0.15) is 5.69 Å². The normalized spacial score (nSPS) is 10.9. The minimum absolute atomic E-state index is 0.0327. The highest BCUT2D eigenvalue weighted by molar-refractivity contribution is 7.17. The molecule has 0 amide bonds. The summed E-state index contributed by atoms with van der Waals surface area (Å²) < 4.78 is 1.20. The topological polar surface area (TPSA) is 66.0 Å². The van der Waals surface area contributed by atoms with Crippen LogP contribution in [0.2, 0.25) is 0 Å². The third-order valence-electron chi connectivity index (χ3n) is 2.73. The number of hydrogen-bond donors (Lipinski definition) is 2. The molecule has 90 valence electrons. The molecule has 5 heteroatoms. The second-order valence-electron chi connectivity index (χ2n) is 3.99. The number of rotatable bonds is 3. The second-order valence-corrected chi connectivity index (χ2v) is 4.91. The van der Waals surface area contributed by atoms with Gasteiger partial charge in [0.2, 0.25) is 0 Å². The highest BCUT2D eigenvalue weighted by Gasteiger charge is 2.10. The van der Waals surface area contributed by atoms with E-state index in [0.29, 0.717) is 5.69 Å². The van der Waals surface area contributed by atoms with Crippen LogP contribution in [0.15, 0.2) is 35.7 Å². The summed E-state index contributed by atoms with van der Waals surface area (Å²) in [5, 5.41) is 18.9. The standard InChI is InChI=1S/C13H10N2O2S/c16-13(17)6-8-5-11(15-14-8)10-7-18-12-4-2-1-3-9(10)12/h1-5,7H,6H2,(H,14,15)(H,16,17). The Morgan fingerprint density at radius 2 is 2.22 bits per heavy atom. The van der Waals surface area contributed by atoms with Crippen LogP contribution in [-0.4, -0.2) is 21.3 Å². The van der Waals surface area contributed by atoms with Crippen molar-refractivity contribution in [1.29, 1.82) is 0 Å². The number of nitrogens with one attached hydrogen (secondary N) is 1. The van der Waals surface area contributed by atoms with Gasteiger partial charge in [-0.3, -0.25) is 9.89 Å². The number of aromatic nitrogens is 2. The molecule has 0 atom stereocenters. The largest absolute Gasteiger partial charge is 0.481 e. The van der Waals surface area contributed by atoms with Gasteiger partial charge >= 0.3 is 5.97 Å². The second kappa shape index (κ2) is 4.27. The minimum Gasteiger partial charge on any atom is -0.481 e. The molecular formula is C13H10N2O2S. The minimum atomic E-state index is -0.861. The lowest BCUT2D eigenvalue weighted by molar-refractivity contribution is -0.136. The number of thiophene rings is 1. The Morgan fingerprint density at radius 1 is 1.39 bits per heavy atom. The number of H-pyrrole nitrogens is 1. The quantitative estimate of drug-likeness (QED) is 0.759. The lowest BCUT2D eigenvalue weighted by Crippen LogP contribution is -1.99. The molecule has 3 rings (SSSR count). The van der Waals surface area contributed by atoms with Crippen LogP contribution in [0.4, 0.5) is 0 Å². The van der Waals surface area contributed by atoms with Crippen molar-refractivity contribution in [3.8, 4) is 11.3 Å². The number of benzene rings is 1. The Kier molecular flexibility index (Phi) is 2.60. The molecule has 1 aromatic carbocycles. The molecular weight excluding hydrogens is 248 g/mol. The third kappa shape index (κ3) is 1.89. The molecule has 0 spiro atoms. The van der Waals surface area contributed by atoms with E-state index in [9.17, 15) is 4.79 Å². The van der Waals surface area contributed by atoms with Crippen LogP contribution < -0.4 is 0 Å².